The van der Waals surface area contributed by atoms with Crippen LogP contribution in [0, 0.1) is 10.1 Å². The number of nitro groups is 1. The lowest BCUT2D eigenvalue weighted by molar-refractivity contribution is -0.384. The van der Waals surface area contributed by atoms with Gasteiger partial charge in [-0.1, -0.05) is 30.3 Å². The molecule has 1 unspecified atom stereocenters. The topological polar surface area (TPSA) is 116 Å². The van der Waals surface area contributed by atoms with Gasteiger partial charge in [-0.15, -0.1) is 0 Å². The van der Waals surface area contributed by atoms with E-state index in [9.17, 15) is 15.2 Å². The van der Waals surface area contributed by atoms with E-state index in [0.29, 0.717) is 41.1 Å². The summed E-state index contributed by atoms with van der Waals surface area (Å²) in [4.78, 5) is 21.8. The van der Waals surface area contributed by atoms with E-state index in [1.165, 1.54) is 12.4 Å². The summed E-state index contributed by atoms with van der Waals surface area (Å²) in [5.74, 6) is 0.344. The Kier molecular flexibility index (Phi) is 5.00. The SMILES string of the molecule is O=[N+]([O-])c1cc2c(NC(O)c3ccccc3)ncnc2cc1N1CCNCC1. The molecule has 4 rings (SSSR count). The first-order chi connectivity index (χ1) is 13.6. The average Bonchev–Trinajstić information content (AvgIpc) is 2.74. The molecule has 3 N–H and O–H groups in total. The molecule has 0 amide bonds. The smallest absolute Gasteiger partial charge is 0.293 e. The fourth-order valence-corrected chi connectivity index (χ4v) is 3.35. The van der Waals surface area contributed by atoms with Gasteiger partial charge < -0.3 is 20.6 Å². The average molecular weight is 380 g/mol. The summed E-state index contributed by atoms with van der Waals surface area (Å²) in [5, 5.41) is 28.8. The van der Waals surface area contributed by atoms with Crippen LogP contribution < -0.4 is 15.5 Å². The predicted molar refractivity (Wildman–Crippen MR) is 106 cm³/mol. The van der Waals surface area contributed by atoms with Crippen molar-refractivity contribution in [3.63, 3.8) is 0 Å². The number of nitrogens with one attached hydrogen (secondary N) is 2. The first-order valence-electron chi connectivity index (χ1n) is 9.02. The lowest BCUT2D eigenvalue weighted by Crippen LogP contribution is -2.43. The first kappa shape index (κ1) is 18.1. The van der Waals surface area contributed by atoms with E-state index in [1.807, 2.05) is 23.1 Å². The molecule has 9 nitrogen and oxygen atoms in total. The van der Waals surface area contributed by atoms with Crippen molar-refractivity contribution in [2.75, 3.05) is 36.4 Å². The highest BCUT2D eigenvalue weighted by atomic mass is 16.6. The third kappa shape index (κ3) is 3.57. The minimum absolute atomic E-state index is 0.00134. The molecule has 0 aliphatic carbocycles. The number of nitro benzene ring substituents is 1. The Hall–Kier alpha value is -3.30. The van der Waals surface area contributed by atoms with Crippen molar-refractivity contribution in [3.05, 3.63) is 64.5 Å². The Morgan fingerprint density at radius 3 is 2.64 bits per heavy atom. The van der Waals surface area contributed by atoms with E-state index in [-0.39, 0.29) is 10.6 Å². The van der Waals surface area contributed by atoms with E-state index >= 15 is 0 Å². The molecule has 1 fully saturated rings. The van der Waals surface area contributed by atoms with Gasteiger partial charge >= 0.3 is 0 Å². The number of aliphatic hydroxyl groups is 1. The Morgan fingerprint density at radius 2 is 1.93 bits per heavy atom. The molecule has 28 heavy (non-hydrogen) atoms. The quantitative estimate of drug-likeness (QED) is 0.350. The maximum Gasteiger partial charge on any atom is 0.293 e. The Morgan fingerprint density at radius 1 is 1.18 bits per heavy atom. The van der Waals surface area contributed by atoms with Crippen LogP contribution in [0.2, 0.25) is 0 Å². The van der Waals surface area contributed by atoms with Crippen LogP contribution in [0.4, 0.5) is 17.2 Å². The summed E-state index contributed by atoms with van der Waals surface area (Å²) >= 11 is 0. The molecule has 3 aromatic rings. The standard InChI is InChI=1S/C19H20N6O3/c26-19(13-4-2-1-3-5-13)23-18-14-10-17(25(27)28)16(11-15(14)21-12-22-18)24-8-6-20-7-9-24/h1-5,10-12,19-20,26H,6-9H2,(H,21,22,23). The lowest BCUT2D eigenvalue weighted by Gasteiger charge is -2.29. The number of anilines is 2. The minimum Gasteiger partial charge on any atom is -0.369 e. The van der Waals surface area contributed by atoms with Gasteiger partial charge in [0, 0.05) is 43.2 Å². The molecule has 0 radical (unpaired) electrons. The van der Waals surface area contributed by atoms with Crippen molar-refractivity contribution in [3.8, 4) is 0 Å². The monoisotopic (exact) mass is 380 g/mol. The van der Waals surface area contributed by atoms with E-state index in [0.717, 1.165) is 13.1 Å². The normalized spacial score (nSPS) is 15.4. The van der Waals surface area contributed by atoms with Gasteiger partial charge in [0.2, 0.25) is 0 Å². The van der Waals surface area contributed by atoms with Gasteiger partial charge in [0.25, 0.3) is 5.69 Å². The van der Waals surface area contributed by atoms with Crippen LogP contribution in [0.5, 0.6) is 0 Å². The van der Waals surface area contributed by atoms with Crippen molar-refractivity contribution < 1.29 is 10.0 Å². The molecule has 0 bridgehead atoms. The number of hydrogen-bond acceptors (Lipinski definition) is 8. The van der Waals surface area contributed by atoms with Crippen LogP contribution in [0.15, 0.2) is 48.8 Å². The minimum atomic E-state index is -0.994. The number of hydrogen-bond donors (Lipinski definition) is 3. The first-order valence-corrected chi connectivity index (χ1v) is 9.02. The lowest BCUT2D eigenvalue weighted by atomic mass is 10.1. The zero-order valence-corrected chi connectivity index (χ0v) is 15.1. The molecule has 1 aliphatic heterocycles. The third-order valence-corrected chi connectivity index (χ3v) is 4.77. The van der Waals surface area contributed by atoms with E-state index in [1.54, 1.807) is 18.2 Å². The highest BCUT2D eigenvalue weighted by Crippen LogP contribution is 2.35. The van der Waals surface area contributed by atoms with Gasteiger partial charge in [-0.25, -0.2) is 9.97 Å². The Balaban J connectivity index is 1.74. The molecule has 1 atom stereocenters. The van der Waals surface area contributed by atoms with E-state index < -0.39 is 6.23 Å². The summed E-state index contributed by atoms with van der Waals surface area (Å²) in [6.45, 7) is 2.93. The fourth-order valence-electron chi connectivity index (χ4n) is 3.35. The summed E-state index contributed by atoms with van der Waals surface area (Å²) < 4.78 is 0. The molecule has 1 aromatic heterocycles. The van der Waals surface area contributed by atoms with Crippen LogP contribution in [-0.2, 0) is 0 Å². The van der Waals surface area contributed by atoms with E-state index in [4.69, 9.17) is 0 Å². The number of aromatic nitrogens is 2. The number of piperazine rings is 1. The second-order valence-corrected chi connectivity index (χ2v) is 6.53. The van der Waals surface area contributed by atoms with Gasteiger partial charge in [-0.2, -0.15) is 0 Å². The van der Waals surface area contributed by atoms with Crippen LogP contribution in [0.3, 0.4) is 0 Å². The fraction of sp³-hybridized carbons (Fsp3) is 0.263. The molecule has 1 aliphatic rings. The predicted octanol–water partition coefficient (Wildman–Crippen LogP) is 2.05. The van der Waals surface area contributed by atoms with Crippen LogP contribution >= 0.6 is 0 Å². The molecule has 144 valence electrons. The van der Waals surface area contributed by atoms with Gasteiger partial charge in [-0.3, -0.25) is 10.1 Å². The Labute approximate surface area is 161 Å². The third-order valence-electron chi connectivity index (χ3n) is 4.77. The molecular weight excluding hydrogens is 360 g/mol. The molecule has 0 spiro atoms. The molecule has 2 heterocycles. The second kappa shape index (κ2) is 7.75. The molecule has 2 aromatic carbocycles. The zero-order valence-electron chi connectivity index (χ0n) is 15.1. The second-order valence-electron chi connectivity index (χ2n) is 6.53. The van der Waals surface area contributed by atoms with Crippen molar-refractivity contribution in [2.24, 2.45) is 0 Å². The zero-order chi connectivity index (χ0) is 19.5. The highest BCUT2D eigenvalue weighted by Gasteiger charge is 2.24. The van der Waals surface area contributed by atoms with Gasteiger partial charge in [-0.05, 0) is 6.07 Å². The number of benzene rings is 2. The molecule has 0 saturated carbocycles. The number of aliphatic hydroxyl groups excluding tert-OH is 1. The summed E-state index contributed by atoms with van der Waals surface area (Å²) in [5.41, 5.74) is 1.80. The van der Waals surface area contributed by atoms with Gasteiger partial charge in [0.15, 0.2) is 6.23 Å². The van der Waals surface area contributed by atoms with Crippen molar-refractivity contribution in [1.29, 1.82) is 0 Å². The maximum absolute atomic E-state index is 11.7. The summed E-state index contributed by atoms with van der Waals surface area (Å²) in [7, 11) is 0. The van der Waals surface area contributed by atoms with Crippen molar-refractivity contribution in [1.82, 2.24) is 15.3 Å². The molecular formula is C19H20N6O3. The molecule has 1 saturated heterocycles. The van der Waals surface area contributed by atoms with Crippen LogP contribution in [-0.4, -0.2) is 46.2 Å². The summed E-state index contributed by atoms with van der Waals surface area (Å²) in [6.07, 6.45) is 0.390. The largest absolute Gasteiger partial charge is 0.369 e. The summed E-state index contributed by atoms with van der Waals surface area (Å²) in [6, 6.07) is 12.3. The number of rotatable bonds is 5. The van der Waals surface area contributed by atoms with Crippen LogP contribution in [0.25, 0.3) is 10.9 Å². The number of fused-ring (bicyclic) bond motifs is 1. The number of nitrogens with zero attached hydrogens (tertiary/aromatic N) is 4. The Bertz CT molecular complexity index is 992. The highest BCUT2D eigenvalue weighted by molar-refractivity contribution is 5.94. The molecule has 9 heteroatoms. The van der Waals surface area contributed by atoms with Crippen molar-refractivity contribution in [2.45, 2.75) is 6.23 Å². The maximum atomic E-state index is 11.7. The van der Waals surface area contributed by atoms with E-state index in [2.05, 4.69) is 20.6 Å². The van der Waals surface area contributed by atoms with Gasteiger partial charge in [0.1, 0.15) is 17.8 Å². The van der Waals surface area contributed by atoms with Crippen LogP contribution in [0.1, 0.15) is 11.8 Å². The van der Waals surface area contributed by atoms with Gasteiger partial charge in [0.05, 0.1) is 10.4 Å². The van der Waals surface area contributed by atoms with Crippen molar-refractivity contribution >= 4 is 28.1 Å².